The lowest BCUT2D eigenvalue weighted by molar-refractivity contribution is -0.143. The summed E-state index contributed by atoms with van der Waals surface area (Å²) in [6.07, 6.45) is -0.131. The summed E-state index contributed by atoms with van der Waals surface area (Å²) >= 11 is 1.34. The van der Waals surface area contributed by atoms with E-state index in [9.17, 15) is 38.7 Å². The molecule has 0 aromatic carbocycles. The highest BCUT2D eigenvalue weighted by molar-refractivity contribution is 7.98. The van der Waals surface area contributed by atoms with E-state index < -0.39 is 78.5 Å². The van der Waals surface area contributed by atoms with E-state index in [0.717, 1.165) is 0 Å². The van der Waals surface area contributed by atoms with Crippen molar-refractivity contribution in [3.8, 4) is 0 Å². The summed E-state index contributed by atoms with van der Waals surface area (Å²) in [5, 5.41) is 24.9. The van der Waals surface area contributed by atoms with Gasteiger partial charge >= 0.3 is 11.9 Å². The Morgan fingerprint density at radius 2 is 1.23 bits per heavy atom. The van der Waals surface area contributed by atoms with E-state index in [-0.39, 0.29) is 25.7 Å². The van der Waals surface area contributed by atoms with E-state index in [2.05, 4.69) is 16.0 Å². The number of primary amides is 2. The van der Waals surface area contributed by atoms with Gasteiger partial charge in [-0.3, -0.25) is 28.8 Å². The molecule has 15 nitrogen and oxygen atoms in total. The summed E-state index contributed by atoms with van der Waals surface area (Å²) in [6, 6.07) is -5.48. The third-order valence-electron chi connectivity index (χ3n) is 4.58. The number of rotatable bonds is 18. The van der Waals surface area contributed by atoms with Crippen molar-refractivity contribution in [2.45, 2.75) is 62.7 Å². The molecule has 0 aliphatic carbocycles. The zero-order valence-corrected chi connectivity index (χ0v) is 20.0. The third kappa shape index (κ3) is 13.8. The van der Waals surface area contributed by atoms with Crippen LogP contribution in [-0.4, -0.2) is 87.9 Å². The van der Waals surface area contributed by atoms with Crippen molar-refractivity contribution in [1.82, 2.24) is 16.0 Å². The third-order valence-corrected chi connectivity index (χ3v) is 5.22. The van der Waals surface area contributed by atoms with Gasteiger partial charge in [0, 0.05) is 12.8 Å². The van der Waals surface area contributed by atoms with Gasteiger partial charge in [0.25, 0.3) is 0 Å². The molecule has 198 valence electrons. The van der Waals surface area contributed by atoms with E-state index in [1.54, 1.807) is 6.26 Å². The molecule has 16 heteroatoms. The number of thioether (sulfide) groups is 1. The van der Waals surface area contributed by atoms with Crippen molar-refractivity contribution >= 4 is 53.2 Å². The van der Waals surface area contributed by atoms with Crippen LogP contribution in [0, 0.1) is 0 Å². The molecule has 0 saturated carbocycles. The first-order valence-electron chi connectivity index (χ1n) is 10.4. The Kier molecular flexibility index (Phi) is 14.7. The van der Waals surface area contributed by atoms with Gasteiger partial charge in [-0.15, -0.1) is 0 Å². The van der Waals surface area contributed by atoms with Crippen LogP contribution in [0.25, 0.3) is 0 Å². The summed E-state index contributed by atoms with van der Waals surface area (Å²) < 4.78 is 0. The first kappa shape index (κ1) is 31.6. The maximum Gasteiger partial charge on any atom is 0.326 e. The second kappa shape index (κ2) is 16.3. The normalized spacial score (nSPS) is 14.0. The topological polar surface area (TPSA) is 274 Å². The number of carboxylic acids is 2. The predicted molar refractivity (Wildman–Crippen MR) is 124 cm³/mol. The summed E-state index contributed by atoms with van der Waals surface area (Å²) in [6.45, 7) is 0. The maximum atomic E-state index is 12.9. The first-order chi connectivity index (χ1) is 16.3. The lowest BCUT2D eigenvalue weighted by atomic mass is 10.1. The largest absolute Gasteiger partial charge is 0.481 e. The van der Waals surface area contributed by atoms with Crippen LogP contribution in [0.1, 0.15) is 38.5 Å². The van der Waals surface area contributed by atoms with Crippen LogP contribution in [0.3, 0.4) is 0 Å². The molecular formula is C19H32N6O9S. The highest BCUT2D eigenvalue weighted by Crippen LogP contribution is 2.06. The van der Waals surface area contributed by atoms with Gasteiger partial charge in [-0.25, -0.2) is 4.79 Å². The number of carbonyl (C=O) groups excluding carboxylic acids is 5. The second-order valence-corrected chi connectivity index (χ2v) is 8.50. The van der Waals surface area contributed by atoms with Crippen LogP contribution >= 0.6 is 11.8 Å². The summed E-state index contributed by atoms with van der Waals surface area (Å²) in [5.74, 6) is -6.61. The minimum Gasteiger partial charge on any atom is -0.481 e. The lowest BCUT2D eigenvalue weighted by Crippen LogP contribution is -2.57. The van der Waals surface area contributed by atoms with E-state index in [1.807, 2.05) is 0 Å². The molecule has 0 rings (SSSR count). The predicted octanol–water partition coefficient (Wildman–Crippen LogP) is -3.39. The second-order valence-electron chi connectivity index (χ2n) is 7.52. The molecule has 35 heavy (non-hydrogen) atoms. The van der Waals surface area contributed by atoms with Crippen LogP contribution in [0.4, 0.5) is 0 Å². The number of amides is 5. The van der Waals surface area contributed by atoms with Crippen LogP contribution < -0.4 is 33.2 Å². The highest BCUT2D eigenvalue weighted by atomic mass is 32.2. The van der Waals surface area contributed by atoms with Crippen LogP contribution in [-0.2, 0) is 33.6 Å². The maximum absolute atomic E-state index is 12.9. The van der Waals surface area contributed by atoms with Crippen LogP contribution in [0.2, 0.25) is 0 Å². The van der Waals surface area contributed by atoms with Crippen LogP contribution in [0.15, 0.2) is 0 Å². The van der Waals surface area contributed by atoms with Crippen molar-refractivity contribution in [3.63, 3.8) is 0 Å². The summed E-state index contributed by atoms with van der Waals surface area (Å²) in [7, 11) is 0. The van der Waals surface area contributed by atoms with Crippen molar-refractivity contribution in [3.05, 3.63) is 0 Å². The summed E-state index contributed by atoms with van der Waals surface area (Å²) in [4.78, 5) is 82.1. The molecule has 4 atom stereocenters. The SMILES string of the molecule is CSCCC(NC(=O)C(CCC(N)=O)NC(=O)C(N)CC(N)=O)C(=O)NC(CCC(=O)O)C(=O)O. The monoisotopic (exact) mass is 520 g/mol. The lowest BCUT2D eigenvalue weighted by Gasteiger charge is -2.25. The molecule has 0 fully saturated rings. The molecule has 0 aromatic heterocycles. The van der Waals surface area contributed by atoms with Gasteiger partial charge in [0.15, 0.2) is 0 Å². The standard InChI is InChI=1S/C19H32N6O9S/c1-35-7-6-11(18(32)25-12(19(33)34)3-5-15(28)29)24-17(31)10(2-4-13(21)26)23-16(30)9(20)8-14(22)27/h9-12H,2-8,20H2,1H3,(H2,21,26)(H2,22,27)(H,23,30)(H,24,31)(H,25,32)(H,28,29)(H,33,34). The van der Waals surface area contributed by atoms with Gasteiger partial charge in [0.05, 0.1) is 12.5 Å². The minimum absolute atomic E-state index is 0.0711. The Morgan fingerprint density at radius 1 is 0.743 bits per heavy atom. The van der Waals surface area contributed by atoms with E-state index in [4.69, 9.17) is 22.3 Å². The Balaban J connectivity index is 5.54. The molecule has 0 heterocycles. The fraction of sp³-hybridized carbons (Fsp3) is 0.632. The zero-order valence-electron chi connectivity index (χ0n) is 19.2. The quantitative estimate of drug-likeness (QED) is 0.0882. The number of nitrogens with one attached hydrogen (secondary N) is 3. The molecule has 0 spiro atoms. The van der Waals surface area contributed by atoms with Gasteiger partial charge in [0.1, 0.15) is 18.1 Å². The average molecular weight is 521 g/mol. The Morgan fingerprint density at radius 3 is 1.69 bits per heavy atom. The number of carboxylic acid groups (broad SMARTS) is 2. The van der Waals surface area contributed by atoms with Gasteiger partial charge in [-0.1, -0.05) is 0 Å². The molecule has 0 saturated heterocycles. The molecular weight excluding hydrogens is 488 g/mol. The van der Waals surface area contributed by atoms with Gasteiger partial charge in [-0.05, 0) is 31.3 Å². The highest BCUT2D eigenvalue weighted by Gasteiger charge is 2.30. The molecule has 0 aliphatic rings. The number of aliphatic carboxylic acids is 2. The average Bonchev–Trinajstić information content (AvgIpc) is 2.75. The van der Waals surface area contributed by atoms with Crippen molar-refractivity contribution in [1.29, 1.82) is 0 Å². The van der Waals surface area contributed by atoms with E-state index in [1.165, 1.54) is 11.8 Å². The van der Waals surface area contributed by atoms with Gasteiger partial charge in [-0.2, -0.15) is 11.8 Å². The molecule has 4 unspecified atom stereocenters. The van der Waals surface area contributed by atoms with E-state index >= 15 is 0 Å². The fourth-order valence-electron chi connectivity index (χ4n) is 2.72. The first-order valence-corrected chi connectivity index (χ1v) is 11.8. The van der Waals surface area contributed by atoms with Gasteiger partial charge < -0.3 is 43.4 Å². The minimum atomic E-state index is -1.51. The van der Waals surface area contributed by atoms with Crippen molar-refractivity contribution in [2.24, 2.45) is 17.2 Å². The zero-order chi connectivity index (χ0) is 27.1. The molecule has 0 bridgehead atoms. The van der Waals surface area contributed by atoms with Crippen molar-refractivity contribution in [2.75, 3.05) is 12.0 Å². The number of hydrogen-bond donors (Lipinski definition) is 8. The smallest absolute Gasteiger partial charge is 0.326 e. The number of hydrogen-bond acceptors (Lipinski definition) is 9. The molecule has 11 N–H and O–H groups in total. The molecule has 0 radical (unpaired) electrons. The molecule has 0 aromatic rings. The Hall–Kier alpha value is -3.40. The Bertz CT molecular complexity index is 810. The van der Waals surface area contributed by atoms with Crippen LogP contribution in [0.5, 0.6) is 0 Å². The van der Waals surface area contributed by atoms with E-state index in [0.29, 0.717) is 5.75 Å². The van der Waals surface area contributed by atoms with Gasteiger partial charge in [0.2, 0.25) is 29.5 Å². The van der Waals surface area contributed by atoms with Crippen molar-refractivity contribution < 1.29 is 43.8 Å². The number of carbonyl (C=O) groups is 7. The summed E-state index contributed by atoms with van der Waals surface area (Å²) in [5.41, 5.74) is 15.7. The molecule has 5 amide bonds. The Labute approximate surface area is 205 Å². The fourth-order valence-corrected chi connectivity index (χ4v) is 3.19. The molecule has 0 aliphatic heterocycles. The number of nitrogens with two attached hydrogens (primary N) is 3.